The zero-order valence-corrected chi connectivity index (χ0v) is 41.4. The minimum atomic E-state index is -1.43. The molecule has 0 aromatic heterocycles. The van der Waals surface area contributed by atoms with E-state index in [1.807, 2.05) is 60.7 Å². The summed E-state index contributed by atoms with van der Waals surface area (Å²) in [4.78, 5) is 95.4. The normalized spacial score (nSPS) is 15.1. The molecule has 3 amide bonds. The highest BCUT2D eigenvalue weighted by atomic mass is 16.6. The number of nitrogens with one attached hydrogen (secondary N) is 2. The van der Waals surface area contributed by atoms with E-state index >= 15 is 0 Å². The molecular weight excluding hydrogens is 911 g/mol. The molecule has 1 aliphatic heterocycles. The molecule has 0 radical (unpaired) electrons. The van der Waals surface area contributed by atoms with Crippen LogP contribution in [0.1, 0.15) is 101 Å². The smallest absolute Gasteiger partial charge is 0.407 e. The molecular formula is C55H63N3O13. The number of carbonyl (C=O) groups excluding carboxylic acids is 7. The molecule has 71 heavy (non-hydrogen) atoms. The summed E-state index contributed by atoms with van der Waals surface area (Å²) in [6.07, 6.45) is 0.623. The number of fused-ring (bicyclic) bond motifs is 3. The molecule has 2 unspecified atom stereocenters. The number of hydrogen-bond acceptors (Lipinski definition) is 13. The van der Waals surface area contributed by atoms with Crippen molar-refractivity contribution in [2.24, 2.45) is 5.41 Å². The number of Topliss-reactive ketones (excluding diaryl/α,β-unsaturated/α-hetero) is 1. The molecule has 2 N–H and O–H groups in total. The Morgan fingerprint density at radius 2 is 1.48 bits per heavy atom. The quantitative estimate of drug-likeness (QED) is 0.0372. The maximum atomic E-state index is 14.3. The van der Waals surface area contributed by atoms with Gasteiger partial charge in [-0.25, -0.2) is 19.2 Å². The number of anilines is 1. The van der Waals surface area contributed by atoms with E-state index in [1.165, 1.54) is 33.0 Å². The number of ketones is 1. The molecule has 6 rings (SSSR count). The van der Waals surface area contributed by atoms with E-state index in [-0.39, 0.29) is 38.5 Å². The van der Waals surface area contributed by atoms with Gasteiger partial charge in [0.15, 0.2) is 11.5 Å². The van der Waals surface area contributed by atoms with Crippen molar-refractivity contribution in [2.75, 3.05) is 39.3 Å². The second kappa shape index (κ2) is 23.4. The first-order chi connectivity index (χ1) is 33.8. The number of piperidine rings is 1. The predicted molar refractivity (Wildman–Crippen MR) is 264 cm³/mol. The lowest BCUT2D eigenvalue weighted by Crippen LogP contribution is -2.53. The minimum absolute atomic E-state index is 0.0158. The van der Waals surface area contributed by atoms with Crippen LogP contribution >= 0.6 is 0 Å². The number of esters is 3. The Hall–Kier alpha value is -7.49. The van der Waals surface area contributed by atoms with Gasteiger partial charge in [0.2, 0.25) is 11.7 Å². The van der Waals surface area contributed by atoms with E-state index in [1.54, 1.807) is 51.1 Å². The average molecular weight is 974 g/mol. The fourth-order valence-corrected chi connectivity index (χ4v) is 8.62. The van der Waals surface area contributed by atoms with Gasteiger partial charge < -0.3 is 44.0 Å². The van der Waals surface area contributed by atoms with Crippen molar-refractivity contribution >= 4 is 47.3 Å². The first-order valence-corrected chi connectivity index (χ1v) is 23.6. The summed E-state index contributed by atoms with van der Waals surface area (Å²) in [7, 11) is 3.05. The maximum absolute atomic E-state index is 14.3. The summed E-state index contributed by atoms with van der Waals surface area (Å²) in [6, 6.07) is 25.3. The average Bonchev–Trinajstić information content (AvgIpc) is 3.68. The van der Waals surface area contributed by atoms with Gasteiger partial charge in [0.25, 0.3) is 5.91 Å². The van der Waals surface area contributed by atoms with Gasteiger partial charge in [-0.15, -0.1) is 0 Å². The predicted octanol–water partition coefficient (Wildman–Crippen LogP) is 8.20. The number of rotatable bonds is 20. The van der Waals surface area contributed by atoms with Crippen LogP contribution < -0.4 is 20.1 Å². The van der Waals surface area contributed by atoms with Crippen LogP contribution in [0.15, 0.2) is 104 Å². The molecule has 1 aliphatic carbocycles. The van der Waals surface area contributed by atoms with Gasteiger partial charge in [0.05, 0.1) is 26.1 Å². The number of amides is 3. The number of benzene rings is 4. The number of ether oxygens (including phenoxy) is 6. The second-order valence-electron chi connectivity index (χ2n) is 19.1. The third-order valence-electron chi connectivity index (χ3n) is 12.2. The van der Waals surface area contributed by atoms with Crippen LogP contribution in [0.4, 0.5) is 10.5 Å². The second-order valence-corrected chi connectivity index (χ2v) is 19.1. The molecule has 0 bridgehead atoms. The van der Waals surface area contributed by atoms with Crippen LogP contribution in [0.25, 0.3) is 11.1 Å². The SMILES string of the molecule is C=CC(=O)OCC(C)(C)C(=O)C(=O)N1CCCCC1C(=O)OC(CCc1ccc(OC)c(OC)c1)c1cccc(NC(=O)C[C@H](NC(=O)OCC2c3ccccc3-c3ccccc32)C(=O)OC(C)(C)C)c1. The summed E-state index contributed by atoms with van der Waals surface area (Å²) >= 11 is 0. The third-order valence-corrected chi connectivity index (χ3v) is 12.2. The molecule has 0 spiro atoms. The lowest BCUT2D eigenvalue weighted by molar-refractivity contribution is -0.165. The van der Waals surface area contributed by atoms with E-state index in [4.69, 9.17) is 28.4 Å². The van der Waals surface area contributed by atoms with Crippen LogP contribution in [0.2, 0.25) is 0 Å². The Morgan fingerprint density at radius 1 is 0.803 bits per heavy atom. The van der Waals surface area contributed by atoms with Crippen molar-refractivity contribution in [3.8, 4) is 22.6 Å². The van der Waals surface area contributed by atoms with Gasteiger partial charge in [-0.3, -0.25) is 14.4 Å². The van der Waals surface area contributed by atoms with Crippen molar-refractivity contribution < 1.29 is 62.0 Å². The van der Waals surface area contributed by atoms with Gasteiger partial charge in [0.1, 0.15) is 37.0 Å². The number of likely N-dealkylation sites (tertiary alicyclic amines) is 1. The lowest BCUT2D eigenvalue weighted by atomic mass is 9.87. The van der Waals surface area contributed by atoms with Crippen molar-refractivity contribution in [2.45, 2.75) is 103 Å². The molecule has 2 aliphatic rings. The Balaban J connectivity index is 1.19. The fraction of sp³-hybridized carbons (Fsp3) is 0.400. The van der Waals surface area contributed by atoms with Crippen LogP contribution in [-0.2, 0) is 54.1 Å². The number of hydrogen-bond donors (Lipinski definition) is 2. The third kappa shape index (κ3) is 13.6. The number of nitrogens with zero attached hydrogens (tertiary/aromatic N) is 1. The van der Waals surface area contributed by atoms with Crippen LogP contribution in [0, 0.1) is 5.41 Å². The molecule has 4 aromatic rings. The summed E-state index contributed by atoms with van der Waals surface area (Å²) in [5, 5.41) is 5.36. The molecule has 1 fully saturated rings. The zero-order chi connectivity index (χ0) is 51.5. The van der Waals surface area contributed by atoms with E-state index < -0.39 is 77.2 Å². The Bertz CT molecular complexity index is 2590. The summed E-state index contributed by atoms with van der Waals surface area (Å²) in [5.41, 5.74) is 3.41. The van der Waals surface area contributed by atoms with Gasteiger partial charge >= 0.3 is 24.0 Å². The standard InChI is InChI=1S/C55H63N3O13/c1-9-48(60)69-33-55(5,6)49(61)50(62)58-28-15-14-23-43(58)52(64)70-44(26-24-34-25-27-45(66-7)46(29-34)67-8)35-17-16-18-36(30-35)56-47(59)31-42(51(63)71-54(2,3)4)57-53(65)68-32-41-39-21-12-10-19-37(39)38-20-11-13-22-40(38)41/h9-13,16-22,25,27,29-30,41-44H,1,14-15,23-24,26,28,31-33H2,2-8H3,(H,56,59)(H,57,65)/t42-,43?,44?/m0/s1. The van der Waals surface area contributed by atoms with E-state index in [0.717, 1.165) is 33.9 Å². The molecule has 1 heterocycles. The topological polar surface area (TPSA) is 202 Å². The van der Waals surface area contributed by atoms with E-state index in [9.17, 15) is 33.6 Å². The summed E-state index contributed by atoms with van der Waals surface area (Å²) in [5.74, 6) is -3.87. The van der Waals surface area contributed by atoms with Gasteiger partial charge in [-0.05, 0) is 124 Å². The minimum Gasteiger partial charge on any atom is -0.493 e. The van der Waals surface area contributed by atoms with Gasteiger partial charge in [0, 0.05) is 24.2 Å². The van der Waals surface area contributed by atoms with Gasteiger partial charge in [-0.1, -0.05) is 73.3 Å². The highest BCUT2D eigenvalue weighted by Gasteiger charge is 2.43. The first kappa shape index (κ1) is 52.9. The van der Waals surface area contributed by atoms with Gasteiger partial charge in [-0.2, -0.15) is 0 Å². The molecule has 3 atom stereocenters. The van der Waals surface area contributed by atoms with E-state index in [0.29, 0.717) is 42.0 Å². The number of aryl methyl sites for hydroxylation is 1. The van der Waals surface area contributed by atoms with Crippen molar-refractivity contribution in [3.63, 3.8) is 0 Å². The number of methoxy groups -OCH3 is 2. The lowest BCUT2D eigenvalue weighted by Gasteiger charge is -2.36. The van der Waals surface area contributed by atoms with Crippen molar-refractivity contribution in [1.82, 2.24) is 10.2 Å². The van der Waals surface area contributed by atoms with Crippen LogP contribution in [0.3, 0.4) is 0 Å². The zero-order valence-electron chi connectivity index (χ0n) is 41.4. The molecule has 16 heteroatoms. The Labute approximate surface area is 414 Å². The molecule has 4 aromatic carbocycles. The maximum Gasteiger partial charge on any atom is 0.407 e. The Kier molecular flexibility index (Phi) is 17.4. The van der Waals surface area contributed by atoms with Crippen molar-refractivity contribution in [3.05, 3.63) is 126 Å². The largest absolute Gasteiger partial charge is 0.493 e. The molecule has 0 saturated carbocycles. The van der Waals surface area contributed by atoms with E-state index in [2.05, 4.69) is 17.2 Å². The first-order valence-electron chi connectivity index (χ1n) is 23.6. The summed E-state index contributed by atoms with van der Waals surface area (Å²) < 4.78 is 33.6. The fourth-order valence-electron chi connectivity index (χ4n) is 8.62. The van der Waals surface area contributed by atoms with Crippen molar-refractivity contribution in [1.29, 1.82) is 0 Å². The number of carbonyl (C=O) groups is 7. The van der Waals surface area contributed by atoms with Crippen LogP contribution in [-0.4, -0.2) is 98.2 Å². The molecule has 376 valence electrons. The molecule has 16 nitrogen and oxygen atoms in total. The summed E-state index contributed by atoms with van der Waals surface area (Å²) in [6.45, 7) is 11.1. The van der Waals surface area contributed by atoms with Crippen LogP contribution in [0.5, 0.6) is 11.5 Å². The number of alkyl carbamates (subject to hydrolysis) is 1. The highest BCUT2D eigenvalue weighted by Crippen LogP contribution is 2.44. The molecule has 1 saturated heterocycles. The monoisotopic (exact) mass is 973 g/mol. The Morgan fingerprint density at radius 3 is 2.13 bits per heavy atom. The highest BCUT2D eigenvalue weighted by molar-refractivity contribution is 6.38.